The number of hydrogen-bond acceptors (Lipinski definition) is 3. The Morgan fingerprint density at radius 1 is 1.43 bits per heavy atom. The van der Waals surface area contributed by atoms with Crippen LogP contribution in [0.1, 0.15) is 12.8 Å². The Hall–Kier alpha value is -0.670. The van der Waals surface area contributed by atoms with Gasteiger partial charge in [-0.25, -0.2) is 0 Å². The van der Waals surface area contributed by atoms with E-state index in [0.717, 1.165) is 19.4 Å². The van der Waals surface area contributed by atoms with Gasteiger partial charge in [0.25, 0.3) is 0 Å². The molecule has 0 radical (unpaired) electrons. The Balaban J connectivity index is 2.14. The lowest BCUT2D eigenvalue weighted by molar-refractivity contribution is 0.286. The quantitative estimate of drug-likeness (QED) is 0.784. The van der Waals surface area contributed by atoms with E-state index in [1.165, 1.54) is 10.6 Å². The Labute approximate surface area is 88.7 Å². The van der Waals surface area contributed by atoms with Crippen LogP contribution < -0.4 is 5.32 Å². The van der Waals surface area contributed by atoms with Gasteiger partial charge in [0.05, 0.1) is 0 Å². The average molecular weight is 209 g/mol. The number of aliphatic hydroxyl groups excluding tert-OH is 1. The van der Waals surface area contributed by atoms with Crippen LogP contribution in [0, 0.1) is 0 Å². The van der Waals surface area contributed by atoms with E-state index in [0.29, 0.717) is 11.9 Å². The molecular formula is C11H15NOS. The van der Waals surface area contributed by atoms with Crippen LogP contribution in [0.3, 0.4) is 0 Å². The summed E-state index contributed by atoms with van der Waals surface area (Å²) in [6, 6.07) is 8.37. The minimum Gasteiger partial charge on any atom is -0.396 e. The highest BCUT2D eigenvalue weighted by Gasteiger charge is 2.15. The summed E-state index contributed by atoms with van der Waals surface area (Å²) in [7, 11) is 0. The van der Waals surface area contributed by atoms with Crippen molar-refractivity contribution in [1.29, 1.82) is 0 Å². The number of thioether (sulfide) groups is 1. The summed E-state index contributed by atoms with van der Waals surface area (Å²) in [4.78, 5) is 1.31. The highest BCUT2D eigenvalue weighted by atomic mass is 32.2. The number of nitrogens with one attached hydrogen (secondary N) is 1. The lowest BCUT2D eigenvalue weighted by atomic mass is 10.2. The SMILES string of the molecule is OCCC1CCNc2ccccc2S1. The third-order valence-corrected chi connectivity index (χ3v) is 3.83. The topological polar surface area (TPSA) is 32.3 Å². The highest BCUT2D eigenvalue weighted by Crippen LogP contribution is 2.35. The van der Waals surface area contributed by atoms with Crippen LogP contribution in [-0.4, -0.2) is 23.5 Å². The number of aliphatic hydroxyl groups is 1. The van der Waals surface area contributed by atoms with Gasteiger partial charge in [0, 0.05) is 29.0 Å². The van der Waals surface area contributed by atoms with Crippen LogP contribution in [0.25, 0.3) is 0 Å². The summed E-state index contributed by atoms with van der Waals surface area (Å²) >= 11 is 1.88. The van der Waals surface area contributed by atoms with Crippen molar-refractivity contribution in [3.8, 4) is 0 Å². The van der Waals surface area contributed by atoms with Crippen molar-refractivity contribution in [1.82, 2.24) is 0 Å². The summed E-state index contributed by atoms with van der Waals surface area (Å²) < 4.78 is 0. The van der Waals surface area contributed by atoms with E-state index in [-0.39, 0.29) is 0 Å². The predicted octanol–water partition coefficient (Wildman–Crippen LogP) is 2.35. The number of benzene rings is 1. The highest BCUT2D eigenvalue weighted by molar-refractivity contribution is 8.00. The van der Waals surface area contributed by atoms with Gasteiger partial charge < -0.3 is 10.4 Å². The summed E-state index contributed by atoms with van der Waals surface area (Å²) in [6.07, 6.45) is 2.01. The minimum absolute atomic E-state index is 0.292. The summed E-state index contributed by atoms with van der Waals surface area (Å²) in [6.45, 7) is 1.30. The van der Waals surface area contributed by atoms with Crippen molar-refractivity contribution in [2.75, 3.05) is 18.5 Å². The molecule has 0 saturated heterocycles. The minimum atomic E-state index is 0.292. The first-order valence-electron chi connectivity index (χ1n) is 5.00. The molecule has 0 aromatic heterocycles. The van der Waals surface area contributed by atoms with Crippen LogP contribution >= 0.6 is 11.8 Å². The van der Waals surface area contributed by atoms with Crippen LogP contribution in [0.2, 0.25) is 0 Å². The van der Waals surface area contributed by atoms with Crippen molar-refractivity contribution in [3.05, 3.63) is 24.3 Å². The molecule has 2 N–H and O–H groups in total. The standard InChI is InChI=1S/C11H15NOS/c13-8-6-9-5-7-12-10-3-1-2-4-11(10)14-9/h1-4,9,12-13H,5-8H2. The van der Waals surface area contributed by atoms with Gasteiger partial charge in [-0.2, -0.15) is 0 Å². The summed E-state index contributed by atoms with van der Waals surface area (Å²) in [5, 5.41) is 12.9. The molecule has 1 aliphatic heterocycles. The van der Waals surface area contributed by atoms with Crippen LogP contribution in [-0.2, 0) is 0 Å². The molecule has 3 heteroatoms. The maximum Gasteiger partial charge on any atom is 0.0478 e. The molecule has 0 amide bonds. The monoisotopic (exact) mass is 209 g/mol. The van der Waals surface area contributed by atoms with E-state index in [1.54, 1.807) is 0 Å². The van der Waals surface area contributed by atoms with Crippen molar-refractivity contribution in [2.24, 2.45) is 0 Å². The third-order valence-electron chi connectivity index (χ3n) is 2.41. The molecule has 0 saturated carbocycles. The Morgan fingerprint density at radius 2 is 2.29 bits per heavy atom. The smallest absolute Gasteiger partial charge is 0.0478 e. The van der Waals surface area contributed by atoms with E-state index < -0.39 is 0 Å². The Kier molecular flexibility index (Phi) is 3.32. The zero-order valence-corrected chi connectivity index (χ0v) is 8.89. The maximum absolute atomic E-state index is 8.92. The molecule has 2 nitrogen and oxygen atoms in total. The van der Waals surface area contributed by atoms with E-state index in [1.807, 2.05) is 11.8 Å². The first-order chi connectivity index (χ1) is 6.90. The van der Waals surface area contributed by atoms with E-state index in [2.05, 4.69) is 29.6 Å². The number of rotatable bonds is 2. The lowest BCUT2D eigenvalue weighted by Crippen LogP contribution is -2.08. The molecule has 1 aliphatic rings. The van der Waals surface area contributed by atoms with Crippen molar-refractivity contribution < 1.29 is 5.11 Å². The molecular weight excluding hydrogens is 194 g/mol. The molecule has 2 rings (SSSR count). The van der Waals surface area contributed by atoms with Gasteiger partial charge in [-0.1, -0.05) is 12.1 Å². The average Bonchev–Trinajstić information content (AvgIpc) is 2.40. The van der Waals surface area contributed by atoms with Crippen LogP contribution in [0.5, 0.6) is 0 Å². The van der Waals surface area contributed by atoms with Gasteiger partial charge in [0.1, 0.15) is 0 Å². The van der Waals surface area contributed by atoms with Gasteiger partial charge in [-0.05, 0) is 25.0 Å². The van der Waals surface area contributed by atoms with E-state index >= 15 is 0 Å². The molecule has 14 heavy (non-hydrogen) atoms. The summed E-state index contributed by atoms with van der Waals surface area (Å²) in [5.74, 6) is 0. The molecule has 0 aliphatic carbocycles. The molecule has 0 fully saturated rings. The first kappa shape index (κ1) is 9.87. The maximum atomic E-state index is 8.92. The largest absolute Gasteiger partial charge is 0.396 e. The summed E-state index contributed by atoms with van der Waals surface area (Å²) in [5.41, 5.74) is 1.23. The normalized spacial score (nSPS) is 20.8. The fraction of sp³-hybridized carbons (Fsp3) is 0.455. The number of fused-ring (bicyclic) bond motifs is 1. The van der Waals surface area contributed by atoms with E-state index in [9.17, 15) is 0 Å². The number of anilines is 1. The Morgan fingerprint density at radius 3 is 3.14 bits per heavy atom. The number of para-hydroxylation sites is 1. The third kappa shape index (κ3) is 2.22. The number of hydrogen-bond donors (Lipinski definition) is 2. The van der Waals surface area contributed by atoms with Crippen molar-refractivity contribution in [2.45, 2.75) is 23.0 Å². The zero-order valence-electron chi connectivity index (χ0n) is 8.07. The van der Waals surface area contributed by atoms with Crippen molar-refractivity contribution in [3.63, 3.8) is 0 Å². The van der Waals surface area contributed by atoms with Gasteiger partial charge in [-0.3, -0.25) is 0 Å². The van der Waals surface area contributed by atoms with Gasteiger partial charge in [0.15, 0.2) is 0 Å². The molecule has 1 atom stereocenters. The van der Waals surface area contributed by atoms with E-state index in [4.69, 9.17) is 5.11 Å². The Bertz CT molecular complexity index is 303. The van der Waals surface area contributed by atoms with Crippen molar-refractivity contribution >= 4 is 17.4 Å². The molecule has 1 aromatic rings. The molecule has 0 spiro atoms. The molecule has 0 bridgehead atoms. The molecule has 1 heterocycles. The second-order valence-electron chi connectivity index (χ2n) is 3.46. The first-order valence-corrected chi connectivity index (χ1v) is 5.88. The van der Waals surface area contributed by atoms with Crippen LogP contribution in [0.4, 0.5) is 5.69 Å². The second-order valence-corrected chi connectivity index (χ2v) is 4.81. The van der Waals surface area contributed by atoms with Crippen LogP contribution in [0.15, 0.2) is 29.2 Å². The fourth-order valence-corrected chi connectivity index (χ4v) is 2.91. The zero-order chi connectivity index (χ0) is 9.80. The molecule has 1 aromatic carbocycles. The van der Waals surface area contributed by atoms with Gasteiger partial charge in [0.2, 0.25) is 0 Å². The molecule has 76 valence electrons. The fourth-order valence-electron chi connectivity index (χ4n) is 1.67. The molecule has 1 unspecified atom stereocenters. The lowest BCUT2D eigenvalue weighted by Gasteiger charge is -2.11. The predicted molar refractivity (Wildman–Crippen MR) is 60.9 cm³/mol. The van der Waals surface area contributed by atoms with Gasteiger partial charge in [-0.15, -0.1) is 11.8 Å². The van der Waals surface area contributed by atoms with Gasteiger partial charge >= 0.3 is 0 Å². The second kappa shape index (κ2) is 4.71.